The van der Waals surface area contributed by atoms with Gasteiger partial charge in [0.15, 0.2) is 9.84 Å². The van der Waals surface area contributed by atoms with Gasteiger partial charge in [0.25, 0.3) is 0 Å². The Morgan fingerprint density at radius 2 is 1.81 bits per heavy atom. The molecule has 4 heteroatoms. The second-order valence-electron chi connectivity index (χ2n) is 3.79. The predicted octanol–water partition coefficient (Wildman–Crippen LogP) is 1.95. The minimum Gasteiger partial charge on any atom is -0.300 e. The summed E-state index contributed by atoms with van der Waals surface area (Å²) in [6, 6.07) is 6.70. The van der Waals surface area contributed by atoms with Gasteiger partial charge in [-0.25, -0.2) is 8.42 Å². The normalized spacial score (nSPS) is 11.4. The zero-order valence-corrected chi connectivity index (χ0v) is 10.3. The third kappa shape index (κ3) is 3.77. The Hall–Kier alpha value is -1.16. The zero-order valence-electron chi connectivity index (χ0n) is 9.43. The molecule has 0 N–H and O–H groups in total. The lowest BCUT2D eigenvalue weighted by molar-refractivity contribution is -0.116. The van der Waals surface area contributed by atoms with Gasteiger partial charge < -0.3 is 4.79 Å². The van der Waals surface area contributed by atoms with Crippen LogP contribution in [-0.4, -0.2) is 20.0 Å². The number of carbonyl (C=O) groups excluding carboxylic acids is 1. The number of Topliss-reactive ketones (excluding diaryl/α,β-unsaturated/α-hetero) is 1. The third-order valence-electron chi connectivity index (χ3n) is 2.15. The first-order chi connectivity index (χ1) is 7.42. The lowest BCUT2D eigenvalue weighted by atomic mass is 10.2. The molecule has 0 fully saturated rings. The molecule has 0 aliphatic rings. The topological polar surface area (TPSA) is 51.2 Å². The van der Waals surface area contributed by atoms with Gasteiger partial charge in [-0.15, -0.1) is 0 Å². The van der Waals surface area contributed by atoms with Gasteiger partial charge >= 0.3 is 0 Å². The van der Waals surface area contributed by atoms with E-state index in [2.05, 4.69) is 0 Å². The van der Waals surface area contributed by atoms with Crippen LogP contribution in [0.15, 0.2) is 29.2 Å². The Morgan fingerprint density at radius 1 is 1.25 bits per heavy atom. The first-order valence-corrected chi connectivity index (χ1v) is 6.67. The molecule has 0 aliphatic heterocycles. The molecule has 0 spiro atoms. The summed E-state index contributed by atoms with van der Waals surface area (Å²) in [6.45, 7) is 3.34. The summed E-state index contributed by atoms with van der Waals surface area (Å²) in [5, 5.41) is 0. The summed E-state index contributed by atoms with van der Waals surface area (Å²) < 4.78 is 23.6. The standard InChI is InChI=1S/C12H15O3S/c1-10-5-7-12(8-6-10)16(14,15)9-3-4-11(2)13/h3,5-8H,4,9H2,1-2H3. The maximum Gasteiger partial charge on any atom is 0.178 e. The number of ketones is 1. The second kappa shape index (κ2) is 5.25. The maximum atomic E-state index is 11.8. The number of aryl methyl sites for hydroxylation is 1. The van der Waals surface area contributed by atoms with Crippen LogP contribution >= 0.6 is 0 Å². The van der Waals surface area contributed by atoms with E-state index in [4.69, 9.17) is 0 Å². The molecule has 0 amide bonds. The monoisotopic (exact) mass is 239 g/mol. The highest BCUT2D eigenvalue weighted by atomic mass is 32.2. The molecular weight excluding hydrogens is 224 g/mol. The molecule has 1 aromatic rings. The van der Waals surface area contributed by atoms with E-state index >= 15 is 0 Å². The molecule has 16 heavy (non-hydrogen) atoms. The van der Waals surface area contributed by atoms with E-state index < -0.39 is 9.84 Å². The Labute approximate surface area is 96.4 Å². The van der Waals surface area contributed by atoms with Gasteiger partial charge in [0, 0.05) is 6.42 Å². The SMILES string of the molecule is CC(=O)C[CH]CS(=O)(=O)c1ccc(C)cc1. The van der Waals surface area contributed by atoms with Gasteiger partial charge in [0.1, 0.15) is 5.78 Å². The number of rotatable bonds is 5. The van der Waals surface area contributed by atoms with E-state index in [0.29, 0.717) is 4.90 Å². The van der Waals surface area contributed by atoms with Gasteiger partial charge in [-0.1, -0.05) is 17.7 Å². The van der Waals surface area contributed by atoms with E-state index in [0.717, 1.165) is 5.56 Å². The number of benzene rings is 1. The maximum absolute atomic E-state index is 11.8. The van der Waals surface area contributed by atoms with Crippen molar-refractivity contribution in [3.05, 3.63) is 36.2 Å². The molecule has 0 atom stereocenters. The van der Waals surface area contributed by atoms with Crippen molar-refractivity contribution in [2.45, 2.75) is 25.2 Å². The van der Waals surface area contributed by atoms with Crippen LogP contribution in [0.25, 0.3) is 0 Å². The molecule has 0 unspecified atom stereocenters. The van der Waals surface area contributed by atoms with Crippen molar-refractivity contribution in [2.24, 2.45) is 0 Å². The van der Waals surface area contributed by atoms with Crippen molar-refractivity contribution in [3.8, 4) is 0 Å². The van der Waals surface area contributed by atoms with E-state index in [1.54, 1.807) is 24.3 Å². The molecule has 0 bridgehead atoms. The van der Waals surface area contributed by atoms with Crippen molar-refractivity contribution < 1.29 is 13.2 Å². The van der Waals surface area contributed by atoms with Gasteiger partial charge in [0.05, 0.1) is 10.6 Å². The molecule has 1 rings (SSSR count). The fourth-order valence-electron chi connectivity index (χ4n) is 1.26. The van der Waals surface area contributed by atoms with E-state index in [-0.39, 0.29) is 18.0 Å². The summed E-state index contributed by atoms with van der Waals surface area (Å²) in [5.41, 5.74) is 1.02. The van der Waals surface area contributed by atoms with E-state index in [9.17, 15) is 13.2 Å². The zero-order chi connectivity index (χ0) is 12.2. The molecule has 0 saturated carbocycles. The Morgan fingerprint density at radius 3 is 2.31 bits per heavy atom. The van der Waals surface area contributed by atoms with Crippen LogP contribution < -0.4 is 0 Å². The summed E-state index contributed by atoms with van der Waals surface area (Å²) in [7, 11) is -3.28. The number of hydrogen-bond acceptors (Lipinski definition) is 3. The summed E-state index contributed by atoms with van der Waals surface area (Å²) in [6.07, 6.45) is 1.70. The van der Waals surface area contributed by atoms with Crippen LogP contribution in [0.4, 0.5) is 0 Å². The first-order valence-electron chi connectivity index (χ1n) is 5.02. The van der Waals surface area contributed by atoms with Gasteiger partial charge in [0.2, 0.25) is 0 Å². The molecule has 0 aliphatic carbocycles. The number of sulfone groups is 1. The molecule has 1 radical (unpaired) electrons. The van der Waals surface area contributed by atoms with Crippen LogP contribution in [0.3, 0.4) is 0 Å². The summed E-state index contributed by atoms with van der Waals surface area (Å²) in [4.78, 5) is 11.0. The minimum absolute atomic E-state index is 0.0286. The Bertz CT molecular complexity index is 458. The summed E-state index contributed by atoms with van der Waals surface area (Å²) in [5.74, 6) is -0.116. The Balaban J connectivity index is 2.71. The van der Waals surface area contributed by atoms with Crippen molar-refractivity contribution in [2.75, 3.05) is 5.75 Å². The molecule has 0 saturated heterocycles. The molecular formula is C12H15O3S. The van der Waals surface area contributed by atoms with Gasteiger partial charge in [-0.3, -0.25) is 0 Å². The predicted molar refractivity (Wildman–Crippen MR) is 62.8 cm³/mol. The molecule has 3 nitrogen and oxygen atoms in total. The highest BCUT2D eigenvalue weighted by molar-refractivity contribution is 7.91. The largest absolute Gasteiger partial charge is 0.300 e. The van der Waals surface area contributed by atoms with E-state index in [1.165, 1.54) is 13.3 Å². The fraction of sp³-hybridized carbons (Fsp3) is 0.333. The quantitative estimate of drug-likeness (QED) is 0.789. The molecule has 0 aromatic heterocycles. The van der Waals surface area contributed by atoms with Gasteiger partial charge in [-0.2, -0.15) is 0 Å². The third-order valence-corrected chi connectivity index (χ3v) is 3.81. The molecule has 1 aromatic carbocycles. The highest BCUT2D eigenvalue weighted by Gasteiger charge is 2.13. The van der Waals surface area contributed by atoms with E-state index in [1.807, 2.05) is 6.92 Å². The van der Waals surface area contributed by atoms with Crippen LogP contribution in [0, 0.1) is 13.3 Å². The van der Waals surface area contributed by atoms with Crippen molar-refractivity contribution >= 4 is 15.6 Å². The van der Waals surface area contributed by atoms with Crippen molar-refractivity contribution in [1.29, 1.82) is 0 Å². The van der Waals surface area contributed by atoms with Crippen LogP contribution in [-0.2, 0) is 14.6 Å². The number of carbonyl (C=O) groups is 1. The second-order valence-corrected chi connectivity index (χ2v) is 5.82. The average molecular weight is 239 g/mol. The van der Waals surface area contributed by atoms with Crippen LogP contribution in [0.2, 0.25) is 0 Å². The van der Waals surface area contributed by atoms with Crippen LogP contribution in [0.1, 0.15) is 18.9 Å². The average Bonchev–Trinajstić information content (AvgIpc) is 2.17. The number of hydrogen-bond donors (Lipinski definition) is 0. The first kappa shape index (κ1) is 12.9. The fourth-order valence-corrected chi connectivity index (χ4v) is 2.43. The van der Waals surface area contributed by atoms with Gasteiger partial charge in [-0.05, 0) is 32.4 Å². The van der Waals surface area contributed by atoms with Crippen molar-refractivity contribution in [3.63, 3.8) is 0 Å². The van der Waals surface area contributed by atoms with Crippen LogP contribution in [0.5, 0.6) is 0 Å². The Kier molecular flexibility index (Phi) is 4.24. The minimum atomic E-state index is -3.28. The lowest BCUT2D eigenvalue weighted by Crippen LogP contribution is -2.08. The van der Waals surface area contributed by atoms with Crippen molar-refractivity contribution in [1.82, 2.24) is 0 Å². The lowest BCUT2D eigenvalue weighted by Gasteiger charge is -2.03. The molecule has 0 heterocycles. The summed E-state index contributed by atoms with van der Waals surface area (Å²) >= 11 is 0. The molecule has 87 valence electrons. The smallest absolute Gasteiger partial charge is 0.178 e. The highest BCUT2D eigenvalue weighted by Crippen LogP contribution is 2.13.